The minimum Gasteiger partial charge on any atom is -0.454 e. The summed E-state index contributed by atoms with van der Waals surface area (Å²) in [7, 11) is 0. The van der Waals surface area contributed by atoms with E-state index < -0.39 is 0 Å². The topological polar surface area (TPSA) is 56.6 Å². The molecule has 126 valence electrons. The van der Waals surface area contributed by atoms with Crippen molar-refractivity contribution in [2.75, 3.05) is 19.9 Å². The number of carbonyl (C=O) groups excluding carboxylic acids is 1. The predicted molar refractivity (Wildman–Crippen MR) is 88.7 cm³/mol. The van der Waals surface area contributed by atoms with Crippen molar-refractivity contribution in [2.45, 2.75) is 25.8 Å². The molecule has 0 N–H and O–H groups in total. The summed E-state index contributed by atoms with van der Waals surface area (Å²) in [4.78, 5) is 14.7. The first-order valence-electron chi connectivity index (χ1n) is 8.01. The Morgan fingerprint density at radius 3 is 3.04 bits per heavy atom. The van der Waals surface area contributed by atoms with Crippen LogP contribution in [0, 0.1) is 6.92 Å². The molecule has 1 saturated heterocycles. The van der Waals surface area contributed by atoms with Gasteiger partial charge in [0, 0.05) is 24.8 Å². The minimum absolute atomic E-state index is 0.0382. The Kier molecular flexibility index (Phi) is 3.84. The van der Waals surface area contributed by atoms with Crippen LogP contribution in [0.4, 0.5) is 0 Å². The fourth-order valence-electron chi connectivity index (χ4n) is 3.26. The maximum absolute atomic E-state index is 12.9. The van der Waals surface area contributed by atoms with E-state index in [9.17, 15) is 4.79 Å². The molecule has 1 atom stereocenters. The van der Waals surface area contributed by atoms with E-state index in [1.165, 1.54) is 0 Å². The summed E-state index contributed by atoms with van der Waals surface area (Å²) in [6, 6.07) is 3.57. The zero-order valence-corrected chi connectivity index (χ0v) is 14.1. The van der Waals surface area contributed by atoms with Crippen molar-refractivity contribution in [3.63, 3.8) is 0 Å². The van der Waals surface area contributed by atoms with E-state index in [-0.39, 0.29) is 18.7 Å². The van der Waals surface area contributed by atoms with Crippen molar-refractivity contribution in [2.24, 2.45) is 0 Å². The third-order valence-corrected chi connectivity index (χ3v) is 4.74. The molecule has 3 heterocycles. The molecule has 1 fully saturated rings. The second kappa shape index (κ2) is 6.02. The summed E-state index contributed by atoms with van der Waals surface area (Å²) in [5.41, 5.74) is 1.66. The van der Waals surface area contributed by atoms with Gasteiger partial charge < -0.3 is 14.4 Å². The SMILES string of the molecule is Cc1cnn([C@@H]2CCCN(C(=O)c3cc(Cl)c4c(c3)OCO4)C2)c1. The molecule has 7 heteroatoms. The maximum Gasteiger partial charge on any atom is 0.254 e. The first kappa shape index (κ1) is 15.3. The van der Waals surface area contributed by atoms with Crippen LogP contribution in [-0.2, 0) is 0 Å². The molecule has 1 aromatic carbocycles. The molecule has 6 nitrogen and oxygen atoms in total. The van der Waals surface area contributed by atoms with Crippen molar-refractivity contribution >= 4 is 17.5 Å². The second-order valence-corrected chi connectivity index (χ2v) is 6.64. The number of ether oxygens (including phenoxy) is 2. The normalized spacial score (nSPS) is 19.6. The summed E-state index contributed by atoms with van der Waals surface area (Å²) < 4.78 is 12.6. The lowest BCUT2D eigenvalue weighted by Gasteiger charge is -2.33. The van der Waals surface area contributed by atoms with Gasteiger partial charge in [-0.1, -0.05) is 11.6 Å². The number of amides is 1. The van der Waals surface area contributed by atoms with Gasteiger partial charge in [-0.3, -0.25) is 9.48 Å². The van der Waals surface area contributed by atoms with Crippen molar-refractivity contribution in [3.8, 4) is 11.5 Å². The van der Waals surface area contributed by atoms with Crippen LogP contribution in [-0.4, -0.2) is 40.5 Å². The van der Waals surface area contributed by atoms with Crippen LogP contribution < -0.4 is 9.47 Å². The van der Waals surface area contributed by atoms with Gasteiger partial charge in [0.2, 0.25) is 6.79 Å². The van der Waals surface area contributed by atoms with Gasteiger partial charge in [0.25, 0.3) is 5.91 Å². The molecule has 0 bridgehead atoms. The molecule has 1 amide bonds. The van der Waals surface area contributed by atoms with E-state index in [1.807, 2.05) is 28.9 Å². The van der Waals surface area contributed by atoms with E-state index in [4.69, 9.17) is 21.1 Å². The largest absolute Gasteiger partial charge is 0.454 e. The maximum atomic E-state index is 12.9. The highest BCUT2D eigenvalue weighted by Crippen LogP contribution is 2.40. The number of likely N-dealkylation sites (tertiary alicyclic amines) is 1. The zero-order chi connectivity index (χ0) is 16.7. The van der Waals surface area contributed by atoms with Crippen molar-refractivity contribution in [1.82, 2.24) is 14.7 Å². The summed E-state index contributed by atoms with van der Waals surface area (Å²) in [5, 5.41) is 4.80. The Bertz CT molecular complexity index is 789. The number of nitrogens with zero attached hydrogens (tertiary/aromatic N) is 3. The molecule has 1 aromatic heterocycles. The summed E-state index contributed by atoms with van der Waals surface area (Å²) in [6.07, 6.45) is 5.84. The first-order chi connectivity index (χ1) is 11.6. The highest BCUT2D eigenvalue weighted by molar-refractivity contribution is 6.32. The molecule has 0 unspecified atom stereocenters. The number of piperidine rings is 1. The van der Waals surface area contributed by atoms with E-state index in [0.29, 0.717) is 28.6 Å². The Hall–Kier alpha value is -2.21. The van der Waals surface area contributed by atoms with Gasteiger partial charge in [0.1, 0.15) is 0 Å². The van der Waals surface area contributed by atoms with Crippen molar-refractivity contribution in [1.29, 1.82) is 0 Å². The van der Waals surface area contributed by atoms with Crippen LogP contribution in [0.2, 0.25) is 5.02 Å². The van der Waals surface area contributed by atoms with Crippen LogP contribution >= 0.6 is 11.6 Å². The number of carbonyl (C=O) groups is 1. The lowest BCUT2D eigenvalue weighted by molar-refractivity contribution is 0.0672. The summed E-state index contributed by atoms with van der Waals surface area (Å²) in [6.45, 7) is 3.54. The number of benzene rings is 1. The summed E-state index contributed by atoms with van der Waals surface area (Å²) in [5.74, 6) is 1.00. The molecule has 0 radical (unpaired) electrons. The second-order valence-electron chi connectivity index (χ2n) is 6.24. The molecule has 0 aliphatic carbocycles. The number of fused-ring (bicyclic) bond motifs is 1. The average molecular weight is 348 g/mol. The van der Waals surface area contributed by atoms with Gasteiger partial charge in [0.15, 0.2) is 11.5 Å². The van der Waals surface area contributed by atoms with Crippen molar-refractivity contribution < 1.29 is 14.3 Å². The smallest absolute Gasteiger partial charge is 0.254 e. The minimum atomic E-state index is -0.0382. The summed E-state index contributed by atoms with van der Waals surface area (Å²) >= 11 is 6.20. The van der Waals surface area contributed by atoms with Gasteiger partial charge in [-0.15, -0.1) is 0 Å². The molecule has 2 aromatic rings. The third-order valence-electron chi connectivity index (χ3n) is 4.46. The monoisotopic (exact) mass is 347 g/mol. The molecule has 2 aliphatic rings. The van der Waals surface area contributed by atoms with E-state index >= 15 is 0 Å². The van der Waals surface area contributed by atoms with Gasteiger partial charge in [-0.2, -0.15) is 5.10 Å². The van der Waals surface area contributed by atoms with Gasteiger partial charge >= 0.3 is 0 Å². The fraction of sp³-hybridized carbons (Fsp3) is 0.412. The lowest BCUT2D eigenvalue weighted by Crippen LogP contribution is -2.40. The molecule has 0 spiro atoms. The van der Waals surface area contributed by atoms with Crippen LogP contribution in [0.3, 0.4) is 0 Å². The quantitative estimate of drug-likeness (QED) is 0.837. The van der Waals surface area contributed by atoms with Crippen LogP contribution in [0.1, 0.15) is 34.8 Å². The Balaban J connectivity index is 1.55. The number of aryl methyl sites for hydroxylation is 1. The fourth-order valence-corrected chi connectivity index (χ4v) is 3.53. The molecular weight excluding hydrogens is 330 g/mol. The van der Waals surface area contributed by atoms with Crippen LogP contribution in [0.25, 0.3) is 0 Å². The molecular formula is C17H18ClN3O3. The molecule has 24 heavy (non-hydrogen) atoms. The third kappa shape index (κ3) is 2.71. The first-order valence-corrected chi connectivity index (χ1v) is 8.39. The van der Waals surface area contributed by atoms with Crippen LogP contribution in [0.5, 0.6) is 11.5 Å². The Labute approximate surface area is 144 Å². The van der Waals surface area contributed by atoms with E-state index in [2.05, 4.69) is 5.10 Å². The Morgan fingerprint density at radius 1 is 1.38 bits per heavy atom. The molecule has 4 rings (SSSR count). The predicted octanol–water partition coefficient (Wildman–Crippen LogP) is 3.05. The molecule has 2 aliphatic heterocycles. The molecule has 0 saturated carbocycles. The number of hydrogen-bond donors (Lipinski definition) is 0. The average Bonchev–Trinajstić information content (AvgIpc) is 3.23. The van der Waals surface area contributed by atoms with E-state index in [0.717, 1.165) is 24.9 Å². The number of hydrogen-bond acceptors (Lipinski definition) is 4. The van der Waals surface area contributed by atoms with Gasteiger partial charge in [0.05, 0.1) is 17.3 Å². The standard InChI is InChI=1S/C17H18ClN3O3/c1-11-7-19-21(8-11)13-3-2-4-20(9-13)17(22)12-5-14(18)16-15(6-12)23-10-24-16/h5-8,13H,2-4,9-10H2,1H3/t13-/m1/s1. The highest BCUT2D eigenvalue weighted by atomic mass is 35.5. The number of rotatable bonds is 2. The van der Waals surface area contributed by atoms with Crippen LogP contribution in [0.15, 0.2) is 24.5 Å². The van der Waals surface area contributed by atoms with Gasteiger partial charge in [-0.05, 0) is 37.5 Å². The van der Waals surface area contributed by atoms with Crippen molar-refractivity contribution in [3.05, 3.63) is 40.7 Å². The Morgan fingerprint density at radius 2 is 2.25 bits per heavy atom. The highest BCUT2D eigenvalue weighted by Gasteiger charge is 2.28. The lowest BCUT2D eigenvalue weighted by atomic mass is 10.0. The van der Waals surface area contributed by atoms with Gasteiger partial charge in [-0.25, -0.2) is 0 Å². The number of halogens is 1. The zero-order valence-electron chi connectivity index (χ0n) is 13.4. The number of aromatic nitrogens is 2. The van der Waals surface area contributed by atoms with E-state index in [1.54, 1.807) is 12.1 Å².